The average molecular weight is 352 g/mol. The Morgan fingerprint density at radius 3 is 2.44 bits per heavy atom. The first-order valence-corrected chi connectivity index (χ1v) is 8.63. The number of hydrogen-bond donors (Lipinski definition) is 2. The van der Waals surface area contributed by atoms with Crippen LogP contribution in [0.4, 0.5) is 13.6 Å². The van der Waals surface area contributed by atoms with Crippen LogP contribution in [0.25, 0.3) is 0 Å². The van der Waals surface area contributed by atoms with Crippen LogP contribution < -0.4 is 5.32 Å². The quantitative estimate of drug-likeness (QED) is 0.875. The van der Waals surface area contributed by atoms with E-state index in [0.717, 1.165) is 12.8 Å². The van der Waals surface area contributed by atoms with Crippen molar-refractivity contribution in [2.45, 2.75) is 37.5 Å². The molecule has 1 aliphatic heterocycles. The molecule has 7 heteroatoms. The molecule has 1 aliphatic carbocycles. The minimum absolute atomic E-state index is 0.0534. The molecule has 3 rings (SSSR count). The van der Waals surface area contributed by atoms with Gasteiger partial charge in [0.1, 0.15) is 11.6 Å². The number of carbonyl (C=O) groups excluding carboxylic acids is 1. The highest BCUT2D eigenvalue weighted by Crippen LogP contribution is 2.42. The zero-order chi connectivity index (χ0) is 18.0. The summed E-state index contributed by atoms with van der Waals surface area (Å²) >= 11 is 0. The Hall–Kier alpha value is -2.18. The standard InChI is InChI=1S/C18H22F2N2O3/c19-13-4-3-5-14(20)15(13)18(7-1-2-8-18)11-21-17(25)22-9-6-12(10-22)16(23)24/h3-5,12H,1-2,6-11H2,(H,21,25)(H,23,24). The Morgan fingerprint density at radius 2 is 1.88 bits per heavy atom. The summed E-state index contributed by atoms with van der Waals surface area (Å²) in [6, 6.07) is 3.47. The van der Waals surface area contributed by atoms with E-state index in [1.54, 1.807) is 0 Å². The maximum Gasteiger partial charge on any atom is 0.317 e. The van der Waals surface area contributed by atoms with Gasteiger partial charge in [0.05, 0.1) is 5.92 Å². The first-order valence-electron chi connectivity index (χ1n) is 8.63. The Balaban J connectivity index is 1.71. The van der Waals surface area contributed by atoms with Crippen molar-refractivity contribution in [3.8, 4) is 0 Å². The number of urea groups is 1. The van der Waals surface area contributed by atoms with Gasteiger partial charge in [-0.25, -0.2) is 13.6 Å². The number of aliphatic carboxylic acids is 1. The first kappa shape index (κ1) is 17.6. The molecule has 2 N–H and O–H groups in total. The number of rotatable bonds is 4. The number of carboxylic acid groups (broad SMARTS) is 1. The molecule has 0 radical (unpaired) electrons. The minimum atomic E-state index is -0.906. The van der Waals surface area contributed by atoms with E-state index in [1.165, 1.54) is 23.1 Å². The lowest BCUT2D eigenvalue weighted by atomic mass is 9.78. The van der Waals surface area contributed by atoms with Crippen LogP contribution in [-0.2, 0) is 10.2 Å². The summed E-state index contributed by atoms with van der Waals surface area (Å²) < 4.78 is 28.6. The molecular weight excluding hydrogens is 330 g/mol. The lowest BCUT2D eigenvalue weighted by molar-refractivity contribution is -0.141. The summed E-state index contributed by atoms with van der Waals surface area (Å²) in [6.07, 6.45) is 3.37. The van der Waals surface area contributed by atoms with Gasteiger partial charge >= 0.3 is 12.0 Å². The van der Waals surface area contributed by atoms with Gasteiger partial charge in [0.25, 0.3) is 0 Å². The highest BCUT2D eigenvalue weighted by molar-refractivity contribution is 5.77. The third-order valence-corrected chi connectivity index (χ3v) is 5.46. The van der Waals surface area contributed by atoms with Gasteiger partial charge in [0.15, 0.2) is 0 Å². The summed E-state index contributed by atoms with van der Waals surface area (Å²) in [6.45, 7) is 0.698. The molecule has 1 aromatic carbocycles. The van der Waals surface area contributed by atoms with Gasteiger partial charge in [-0.05, 0) is 31.4 Å². The van der Waals surface area contributed by atoms with Gasteiger partial charge in [-0.2, -0.15) is 0 Å². The number of nitrogens with zero attached hydrogens (tertiary/aromatic N) is 1. The van der Waals surface area contributed by atoms with E-state index < -0.39 is 28.9 Å². The van der Waals surface area contributed by atoms with Crippen molar-refractivity contribution in [2.24, 2.45) is 5.92 Å². The summed E-state index contributed by atoms with van der Waals surface area (Å²) in [5.41, 5.74) is -0.686. The highest BCUT2D eigenvalue weighted by Gasteiger charge is 2.41. The topological polar surface area (TPSA) is 69.6 Å². The molecule has 0 bridgehead atoms. The summed E-state index contributed by atoms with van der Waals surface area (Å²) in [4.78, 5) is 24.8. The number of benzene rings is 1. The second-order valence-electron chi connectivity index (χ2n) is 7.01. The zero-order valence-electron chi connectivity index (χ0n) is 13.9. The fraction of sp³-hybridized carbons (Fsp3) is 0.556. The molecule has 136 valence electrons. The molecule has 1 atom stereocenters. The predicted octanol–water partition coefficient (Wildman–Crippen LogP) is 2.89. The molecule has 5 nitrogen and oxygen atoms in total. The van der Waals surface area contributed by atoms with Gasteiger partial charge < -0.3 is 15.3 Å². The van der Waals surface area contributed by atoms with E-state index in [0.29, 0.717) is 25.8 Å². The maximum absolute atomic E-state index is 14.3. The largest absolute Gasteiger partial charge is 0.481 e. The van der Waals surface area contributed by atoms with E-state index in [1.807, 2.05) is 0 Å². The summed E-state index contributed by atoms with van der Waals surface area (Å²) in [7, 11) is 0. The van der Waals surface area contributed by atoms with Crippen molar-refractivity contribution in [2.75, 3.05) is 19.6 Å². The first-order chi connectivity index (χ1) is 11.9. The number of nitrogens with one attached hydrogen (secondary N) is 1. The molecule has 1 saturated heterocycles. The molecule has 1 saturated carbocycles. The number of likely N-dealkylation sites (tertiary alicyclic amines) is 1. The molecule has 2 aliphatic rings. The van der Waals surface area contributed by atoms with E-state index in [2.05, 4.69) is 5.32 Å². The van der Waals surface area contributed by atoms with Crippen molar-refractivity contribution in [3.05, 3.63) is 35.4 Å². The van der Waals surface area contributed by atoms with E-state index in [-0.39, 0.29) is 24.7 Å². The van der Waals surface area contributed by atoms with Crippen molar-refractivity contribution >= 4 is 12.0 Å². The van der Waals surface area contributed by atoms with Gasteiger partial charge in [-0.15, -0.1) is 0 Å². The normalized spacial score (nSPS) is 22.2. The fourth-order valence-electron chi connectivity index (χ4n) is 4.07. The van der Waals surface area contributed by atoms with Gasteiger partial charge in [0, 0.05) is 30.6 Å². The molecule has 1 aromatic rings. The number of carbonyl (C=O) groups is 2. The molecule has 1 heterocycles. The monoisotopic (exact) mass is 352 g/mol. The molecule has 1 unspecified atom stereocenters. The Kier molecular flexibility index (Phi) is 4.92. The van der Waals surface area contributed by atoms with Gasteiger partial charge in [-0.1, -0.05) is 18.9 Å². The van der Waals surface area contributed by atoms with Crippen molar-refractivity contribution < 1.29 is 23.5 Å². The molecule has 2 amide bonds. The van der Waals surface area contributed by atoms with Gasteiger partial charge in [-0.3, -0.25) is 4.79 Å². The number of hydrogen-bond acceptors (Lipinski definition) is 2. The Labute approximate surface area is 145 Å². The zero-order valence-corrected chi connectivity index (χ0v) is 13.9. The van der Waals surface area contributed by atoms with Crippen LogP contribution in [0.15, 0.2) is 18.2 Å². The summed E-state index contributed by atoms with van der Waals surface area (Å²) in [5.74, 6) is -2.61. The molecular formula is C18H22F2N2O3. The number of halogens is 2. The smallest absolute Gasteiger partial charge is 0.317 e. The highest BCUT2D eigenvalue weighted by atomic mass is 19.1. The minimum Gasteiger partial charge on any atom is -0.481 e. The average Bonchev–Trinajstić information content (AvgIpc) is 3.23. The fourth-order valence-corrected chi connectivity index (χ4v) is 4.07. The molecule has 0 aromatic heterocycles. The third kappa shape index (κ3) is 3.45. The molecule has 25 heavy (non-hydrogen) atoms. The second kappa shape index (κ2) is 6.98. The van der Waals surface area contributed by atoms with E-state index >= 15 is 0 Å². The van der Waals surface area contributed by atoms with Crippen LogP contribution in [-0.4, -0.2) is 41.6 Å². The lowest BCUT2D eigenvalue weighted by Gasteiger charge is -2.31. The van der Waals surface area contributed by atoms with Crippen molar-refractivity contribution in [1.82, 2.24) is 10.2 Å². The van der Waals surface area contributed by atoms with Crippen molar-refractivity contribution in [3.63, 3.8) is 0 Å². The van der Waals surface area contributed by atoms with E-state index in [4.69, 9.17) is 5.11 Å². The Bertz CT molecular complexity index is 654. The van der Waals surface area contributed by atoms with Crippen LogP contribution >= 0.6 is 0 Å². The van der Waals surface area contributed by atoms with Crippen molar-refractivity contribution in [1.29, 1.82) is 0 Å². The van der Waals surface area contributed by atoms with Crippen LogP contribution in [0.5, 0.6) is 0 Å². The predicted molar refractivity (Wildman–Crippen MR) is 87.2 cm³/mol. The molecule has 0 spiro atoms. The maximum atomic E-state index is 14.3. The number of carboxylic acids is 1. The van der Waals surface area contributed by atoms with E-state index in [9.17, 15) is 18.4 Å². The number of amides is 2. The second-order valence-corrected chi connectivity index (χ2v) is 7.01. The van der Waals surface area contributed by atoms with Crippen LogP contribution in [0.1, 0.15) is 37.7 Å². The molecule has 2 fully saturated rings. The van der Waals surface area contributed by atoms with Crippen LogP contribution in [0, 0.1) is 17.6 Å². The van der Waals surface area contributed by atoms with Crippen LogP contribution in [0.3, 0.4) is 0 Å². The Morgan fingerprint density at radius 1 is 1.24 bits per heavy atom. The van der Waals surface area contributed by atoms with Crippen LogP contribution in [0.2, 0.25) is 0 Å². The SMILES string of the molecule is O=C(O)C1CCN(C(=O)NCC2(c3c(F)cccc3F)CCCC2)C1. The third-order valence-electron chi connectivity index (χ3n) is 5.46. The van der Waals surface area contributed by atoms with Gasteiger partial charge in [0.2, 0.25) is 0 Å². The summed E-state index contributed by atoms with van der Waals surface area (Å²) in [5, 5.41) is 11.8. The lowest BCUT2D eigenvalue weighted by Crippen LogP contribution is -2.45.